The van der Waals surface area contributed by atoms with Crippen molar-refractivity contribution in [1.82, 2.24) is 15.1 Å². The fourth-order valence-corrected chi connectivity index (χ4v) is 2.84. The number of likely N-dealkylation sites (N-methyl/N-ethyl adjacent to an activating group) is 1. The molecule has 1 aliphatic rings. The molecule has 1 fully saturated rings. The molecule has 1 N–H and O–H groups in total. The molecule has 1 amide bonds. The molecule has 0 aromatic heterocycles. The van der Waals surface area contributed by atoms with E-state index in [0.29, 0.717) is 17.7 Å². The highest BCUT2D eigenvalue weighted by Gasteiger charge is 2.15. The van der Waals surface area contributed by atoms with Crippen LogP contribution in [0.1, 0.15) is 34.1 Å². The van der Waals surface area contributed by atoms with E-state index in [1.807, 2.05) is 0 Å². The number of hydrogen-bond acceptors (Lipinski definition) is 5. The van der Waals surface area contributed by atoms with E-state index in [-0.39, 0.29) is 5.91 Å². The maximum Gasteiger partial charge on any atom is 0.337 e. The molecule has 1 saturated heterocycles. The first-order valence-corrected chi connectivity index (χ1v) is 8.55. The van der Waals surface area contributed by atoms with Gasteiger partial charge in [0.15, 0.2) is 0 Å². The van der Waals surface area contributed by atoms with Gasteiger partial charge in [0.1, 0.15) is 0 Å². The lowest BCUT2D eigenvalue weighted by molar-refractivity contribution is 0.0600. The minimum Gasteiger partial charge on any atom is -0.465 e. The van der Waals surface area contributed by atoms with Crippen molar-refractivity contribution in [3.8, 4) is 0 Å². The zero-order valence-electron chi connectivity index (χ0n) is 14.6. The Kier molecular flexibility index (Phi) is 7.21. The van der Waals surface area contributed by atoms with E-state index >= 15 is 0 Å². The lowest BCUT2D eigenvalue weighted by atomic mass is 10.1. The van der Waals surface area contributed by atoms with Crippen molar-refractivity contribution >= 4 is 11.9 Å². The Labute approximate surface area is 143 Å². The third-order valence-corrected chi connectivity index (χ3v) is 4.39. The summed E-state index contributed by atoms with van der Waals surface area (Å²) in [5.41, 5.74) is 0.869. The average Bonchev–Trinajstić information content (AvgIpc) is 2.65. The Morgan fingerprint density at radius 2 is 1.79 bits per heavy atom. The SMILES string of the molecule is CCN1CCN(CCCNC(=O)c2cccc(C(=O)OC)c2)CC1. The van der Waals surface area contributed by atoms with Crippen LogP contribution in [0.25, 0.3) is 0 Å². The van der Waals surface area contributed by atoms with Crippen molar-refractivity contribution in [2.75, 3.05) is 52.9 Å². The van der Waals surface area contributed by atoms with Gasteiger partial charge in [-0.05, 0) is 37.7 Å². The van der Waals surface area contributed by atoms with Crippen LogP contribution < -0.4 is 5.32 Å². The van der Waals surface area contributed by atoms with Gasteiger partial charge in [-0.2, -0.15) is 0 Å². The van der Waals surface area contributed by atoms with Gasteiger partial charge in [-0.15, -0.1) is 0 Å². The summed E-state index contributed by atoms with van der Waals surface area (Å²) >= 11 is 0. The van der Waals surface area contributed by atoms with Gasteiger partial charge in [-0.3, -0.25) is 4.79 Å². The first-order valence-electron chi connectivity index (χ1n) is 8.55. The van der Waals surface area contributed by atoms with Crippen molar-refractivity contribution in [2.45, 2.75) is 13.3 Å². The van der Waals surface area contributed by atoms with Gasteiger partial charge in [0.25, 0.3) is 5.91 Å². The lowest BCUT2D eigenvalue weighted by Crippen LogP contribution is -2.46. The fourth-order valence-electron chi connectivity index (χ4n) is 2.84. The van der Waals surface area contributed by atoms with Crippen LogP contribution in [0.5, 0.6) is 0 Å². The van der Waals surface area contributed by atoms with Crippen LogP contribution >= 0.6 is 0 Å². The molecule has 0 unspecified atom stereocenters. The molecule has 1 aliphatic heterocycles. The van der Waals surface area contributed by atoms with Crippen LogP contribution in [0.2, 0.25) is 0 Å². The number of carbonyl (C=O) groups excluding carboxylic acids is 2. The van der Waals surface area contributed by atoms with Crippen LogP contribution in [0, 0.1) is 0 Å². The largest absolute Gasteiger partial charge is 0.465 e. The second kappa shape index (κ2) is 9.39. The molecule has 0 radical (unpaired) electrons. The number of hydrogen-bond donors (Lipinski definition) is 1. The van der Waals surface area contributed by atoms with Crippen molar-refractivity contribution < 1.29 is 14.3 Å². The van der Waals surface area contributed by atoms with Crippen LogP contribution in [-0.4, -0.2) is 74.6 Å². The minimum atomic E-state index is -0.434. The van der Waals surface area contributed by atoms with E-state index < -0.39 is 5.97 Å². The van der Waals surface area contributed by atoms with E-state index in [9.17, 15) is 9.59 Å². The number of piperazine rings is 1. The number of benzene rings is 1. The van der Waals surface area contributed by atoms with Gasteiger partial charge in [-0.1, -0.05) is 13.0 Å². The maximum absolute atomic E-state index is 12.2. The van der Waals surface area contributed by atoms with Crippen molar-refractivity contribution in [3.05, 3.63) is 35.4 Å². The smallest absolute Gasteiger partial charge is 0.337 e. The number of nitrogens with one attached hydrogen (secondary N) is 1. The average molecular weight is 333 g/mol. The van der Waals surface area contributed by atoms with Gasteiger partial charge in [0, 0.05) is 38.3 Å². The van der Waals surface area contributed by atoms with Gasteiger partial charge in [-0.25, -0.2) is 4.79 Å². The molecule has 1 aromatic carbocycles. The first-order chi connectivity index (χ1) is 11.6. The molecule has 2 rings (SSSR count). The van der Waals surface area contributed by atoms with E-state index in [0.717, 1.165) is 45.7 Å². The summed E-state index contributed by atoms with van der Waals surface area (Å²) in [5.74, 6) is -0.590. The minimum absolute atomic E-state index is 0.156. The zero-order valence-corrected chi connectivity index (χ0v) is 14.6. The highest BCUT2D eigenvalue weighted by atomic mass is 16.5. The Morgan fingerprint density at radius 1 is 1.12 bits per heavy atom. The van der Waals surface area contributed by atoms with Gasteiger partial charge >= 0.3 is 5.97 Å². The molecule has 24 heavy (non-hydrogen) atoms. The molecule has 1 heterocycles. The van der Waals surface area contributed by atoms with Crippen molar-refractivity contribution in [3.63, 3.8) is 0 Å². The molecule has 1 aromatic rings. The summed E-state index contributed by atoms with van der Waals surface area (Å²) in [6.07, 6.45) is 0.925. The second-order valence-corrected chi connectivity index (χ2v) is 5.96. The molecule has 0 bridgehead atoms. The summed E-state index contributed by atoms with van der Waals surface area (Å²) in [5, 5.41) is 2.91. The molecule has 0 saturated carbocycles. The fraction of sp³-hybridized carbons (Fsp3) is 0.556. The molecule has 0 aliphatic carbocycles. The Hall–Kier alpha value is -1.92. The summed E-state index contributed by atoms with van der Waals surface area (Å²) in [4.78, 5) is 28.6. The third-order valence-electron chi connectivity index (χ3n) is 4.39. The molecular weight excluding hydrogens is 306 g/mol. The number of esters is 1. The summed E-state index contributed by atoms with van der Waals surface area (Å²) in [7, 11) is 1.33. The quantitative estimate of drug-likeness (QED) is 0.601. The monoisotopic (exact) mass is 333 g/mol. The van der Waals surface area contributed by atoms with Crippen molar-refractivity contribution in [2.24, 2.45) is 0 Å². The Bertz CT molecular complexity index is 554. The van der Waals surface area contributed by atoms with Crippen LogP contribution in [0.4, 0.5) is 0 Å². The normalized spacial score (nSPS) is 15.9. The predicted octanol–water partition coefficient (Wildman–Crippen LogP) is 1.23. The first kappa shape index (κ1) is 18.4. The molecule has 6 nitrogen and oxygen atoms in total. The molecule has 6 heteroatoms. The summed E-state index contributed by atoms with van der Waals surface area (Å²) < 4.78 is 4.67. The summed E-state index contributed by atoms with van der Waals surface area (Å²) in [6.45, 7) is 9.41. The molecule has 0 spiro atoms. The number of carbonyl (C=O) groups is 2. The molecule has 132 valence electrons. The van der Waals surface area contributed by atoms with Crippen LogP contribution in [0.3, 0.4) is 0 Å². The third kappa shape index (κ3) is 5.32. The lowest BCUT2D eigenvalue weighted by Gasteiger charge is -2.33. The number of nitrogens with zero attached hydrogens (tertiary/aromatic N) is 2. The highest BCUT2D eigenvalue weighted by Crippen LogP contribution is 2.07. The number of rotatable bonds is 7. The topological polar surface area (TPSA) is 61.9 Å². The van der Waals surface area contributed by atoms with Gasteiger partial charge in [0.05, 0.1) is 12.7 Å². The standard InChI is InChI=1S/C18H27N3O3/c1-3-20-10-12-21(13-11-20)9-5-8-19-17(22)15-6-4-7-16(14-15)18(23)24-2/h4,6-7,14H,3,5,8-13H2,1-2H3,(H,19,22). The molecular formula is C18H27N3O3. The van der Waals surface area contributed by atoms with E-state index in [1.54, 1.807) is 24.3 Å². The maximum atomic E-state index is 12.2. The van der Waals surface area contributed by atoms with E-state index in [1.165, 1.54) is 7.11 Å². The van der Waals surface area contributed by atoms with Crippen LogP contribution in [0.15, 0.2) is 24.3 Å². The van der Waals surface area contributed by atoms with Gasteiger partial charge < -0.3 is 19.9 Å². The Morgan fingerprint density at radius 3 is 2.46 bits per heavy atom. The highest BCUT2D eigenvalue weighted by molar-refractivity contribution is 5.97. The summed E-state index contributed by atoms with van der Waals surface area (Å²) in [6, 6.07) is 6.59. The van der Waals surface area contributed by atoms with Crippen molar-refractivity contribution in [1.29, 1.82) is 0 Å². The number of methoxy groups -OCH3 is 1. The van der Waals surface area contributed by atoms with E-state index in [4.69, 9.17) is 0 Å². The zero-order chi connectivity index (χ0) is 17.4. The Balaban J connectivity index is 1.71. The predicted molar refractivity (Wildman–Crippen MR) is 93.3 cm³/mol. The number of amides is 1. The molecule has 0 atom stereocenters. The van der Waals surface area contributed by atoms with E-state index in [2.05, 4.69) is 26.8 Å². The number of ether oxygens (including phenoxy) is 1. The van der Waals surface area contributed by atoms with Crippen LogP contribution in [-0.2, 0) is 4.74 Å². The second-order valence-electron chi connectivity index (χ2n) is 5.96. The van der Waals surface area contributed by atoms with Gasteiger partial charge in [0.2, 0.25) is 0 Å².